The number of carbonyl (C=O) groups is 1. The Bertz CT molecular complexity index is 943. The third kappa shape index (κ3) is 4.75. The maximum Gasteiger partial charge on any atom is 0.272 e. The van der Waals surface area contributed by atoms with Crippen molar-refractivity contribution < 1.29 is 4.79 Å². The molecule has 0 aliphatic carbocycles. The van der Waals surface area contributed by atoms with E-state index in [2.05, 4.69) is 26.4 Å². The van der Waals surface area contributed by atoms with Crippen molar-refractivity contribution >= 4 is 5.91 Å². The second-order valence-corrected chi connectivity index (χ2v) is 7.96. The highest BCUT2D eigenvalue weighted by atomic mass is 16.2. The van der Waals surface area contributed by atoms with Crippen LogP contribution in [0.15, 0.2) is 55.1 Å². The summed E-state index contributed by atoms with van der Waals surface area (Å²) in [4.78, 5) is 28.3. The van der Waals surface area contributed by atoms with Gasteiger partial charge in [-0.1, -0.05) is 25.5 Å². The summed E-state index contributed by atoms with van der Waals surface area (Å²) in [5.41, 5.74) is 2.77. The van der Waals surface area contributed by atoms with Gasteiger partial charge in [-0.15, -0.1) is 0 Å². The number of piperidine rings is 1. The average Bonchev–Trinajstić information content (AvgIpc) is 3.26. The highest BCUT2D eigenvalue weighted by Crippen LogP contribution is 2.28. The van der Waals surface area contributed by atoms with Crippen LogP contribution < -0.4 is 0 Å². The van der Waals surface area contributed by atoms with Crippen molar-refractivity contribution in [3.05, 3.63) is 77.9 Å². The number of nitrogens with zero attached hydrogens (tertiary/aromatic N) is 5. The molecule has 1 fully saturated rings. The standard InChI is InChI=1S/C24H29N5O/c1-2-3-6-19-8-9-22(27-17-19)24(30)28-14-10-20(11-15-28)23-26-13-16-29(23)18-21-7-4-5-12-25-21/h4-5,7-9,12-13,16-17,20H,2-3,6,10-11,14-15,18H2,1H3. The van der Waals surface area contributed by atoms with Gasteiger partial charge in [0.1, 0.15) is 11.5 Å². The molecule has 0 aromatic carbocycles. The van der Waals surface area contributed by atoms with Gasteiger partial charge in [-0.05, 0) is 49.4 Å². The number of pyridine rings is 2. The summed E-state index contributed by atoms with van der Waals surface area (Å²) in [6, 6.07) is 9.88. The van der Waals surface area contributed by atoms with Gasteiger partial charge in [0.05, 0.1) is 12.2 Å². The third-order valence-corrected chi connectivity index (χ3v) is 5.82. The number of rotatable bonds is 7. The summed E-state index contributed by atoms with van der Waals surface area (Å²) in [7, 11) is 0. The van der Waals surface area contributed by atoms with Crippen LogP contribution in [0.1, 0.15) is 66.1 Å². The zero-order valence-corrected chi connectivity index (χ0v) is 17.6. The van der Waals surface area contributed by atoms with Gasteiger partial charge < -0.3 is 9.47 Å². The van der Waals surface area contributed by atoms with Crippen LogP contribution in [0, 0.1) is 0 Å². The maximum absolute atomic E-state index is 12.9. The summed E-state index contributed by atoms with van der Waals surface area (Å²) >= 11 is 0. The van der Waals surface area contributed by atoms with Gasteiger partial charge in [0.15, 0.2) is 0 Å². The molecule has 3 aromatic rings. The molecule has 0 unspecified atom stereocenters. The lowest BCUT2D eigenvalue weighted by atomic mass is 9.95. The Morgan fingerprint density at radius 1 is 1.07 bits per heavy atom. The third-order valence-electron chi connectivity index (χ3n) is 5.82. The quantitative estimate of drug-likeness (QED) is 0.596. The topological polar surface area (TPSA) is 63.9 Å². The Kier molecular flexibility index (Phi) is 6.52. The van der Waals surface area contributed by atoms with Crippen molar-refractivity contribution in [1.82, 2.24) is 24.4 Å². The van der Waals surface area contributed by atoms with Crippen molar-refractivity contribution in [2.75, 3.05) is 13.1 Å². The summed E-state index contributed by atoms with van der Waals surface area (Å²) in [5, 5.41) is 0. The first-order valence-electron chi connectivity index (χ1n) is 10.9. The number of likely N-dealkylation sites (tertiary alicyclic amines) is 1. The minimum atomic E-state index is 0.0346. The van der Waals surface area contributed by atoms with E-state index in [-0.39, 0.29) is 5.91 Å². The summed E-state index contributed by atoms with van der Waals surface area (Å²) < 4.78 is 2.18. The summed E-state index contributed by atoms with van der Waals surface area (Å²) in [6.07, 6.45) is 12.7. The lowest BCUT2D eigenvalue weighted by Gasteiger charge is -2.31. The SMILES string of the molecule is CCCCc1ccc(C(=O)N2CCC(c3nccn3Cc3ccccn3)CC2)nc1. The van der Waals surface area contributed by atoms with E-state index in [1.54, 1.807) is 0 Å². The van der Waals surface area contributed by atoms with E-state index in [1.165, 1.54) is 5.56 Å². The molecule has 1 aliphatic rings. The largest absolute Gasteiger partial charge is 0.337 e. The molecule has 1 aliphatic heterocycles. The molecule has 30 heavy (non-hydrogen) atoms. The first kappa shape index (κ1) is 20.3. The Balaban J connectivity index is 1.35. The second kappa shape index (κ2) is 9.65. The van der Waals surface area contributed by atoms with E-state index in [1.807, 2.05) is 60.0 Å². The molecule has 0 spiro atoms. The average molecular weight is 404 g/mol. The van der Waals surface area contributed by atoms with E-state index in [0.29, 0.717) is 11.6 Å². The summed E-state index contributed by atoms with van der Waals surface area (Å²) in [5.74, 6) is 1.48. The number of hydrogen-bond donors (Lipinski definition) is 0. The number of amides is 1. The summed E-state index contributed by atoms with van der Waals surface area (Å²) in [6.45, 7) is 4.38. The molecule has 6 nitrogen and oxygen atoms in total. The van der Waals surface area contributed by atoms with Gasteiger partial charge in [-0.25, -0.2) is 4.98 Å². The first-order chi connectivity index (χ1) is 14.7. The molecule has 0 N–H and O–H groups in total. The van der Waals surface area contributed by atoms with E-state index in [4.69, 9.17) is 0 Å². The number of hydrogen-bond acceptors (Lipinski definition) is 4. The predicted molar refractivity (Wildman–Crippen MR) is 116 cm³/mol. The molecule has 1 amide bonds. The van der Waals surface area contributed by atoms with Crippen molar-refractivity contribution in [2.45, 2.75) is 51.5 Å². The van der Waals surface area contributed by atoms with Gasteiger partial charge in [-0.2, -0.15) is 0 Å². The fourth-order valence-corrected chi connectivity index (χ4v) is 4.06. The minimum Gasteiger partial charge on any atom is -0.337 e. The zero-order chi connectivity index (χ0) is 20.8. The van der Waals surface area contributed by atoms with Crippen LogP contribution in [-0.2, 0) is 13.0 Å². The van der Waals surface area contributed by atoms with Crippen LogP contribution in [-0.4, -0.2) is 43.4 Å². The van der Waals surface area contributed by atoms with E-state index in [0.717, 1.165) is 63.3 Å². The van der Waals surface area contributed by atoms with Crippen LogP contribution in [0.25, 0.3) is 0 Å². The number of aromatic nitrogens is 4. The molecule has 0 saturated carbocycles. The second-order valence-electron chi connectivity index (χ2n) is 7.96. The molecule has 0 radical (unpaired) electrons. The monoisotopic (exact) mass is 403 g/mol. The normalized spacial score (nSPS) is 14.8. The number of unbranched alkanes of at least 4 members (excludes halogenated alkanes) is 1. The van der Waals surface area contributed by atoms with Gasteiger partial charge >= 0.3 is 0 Å². The van der Waals surface area contributed by atoms with Crippen LogP contribution in [0.5, 0.6) is 0 Å². The van der Waals surface area contributed by atoms with Gasteiger partial charge in [0.25, 0.3) is 5.91 Å². The van der Waals surface area contributed by atoms with Crippen molar-refractivity contribution in [2.24, 2.45) is 0 Å². The van der Waals surface area contributed by atoms with Crippen LogP contribution in [0.2, 0.25) is 0 Å². The lowest BCUT2D eigenvalue weighted by molar-refractivity contribution is 0.0704. The molecular formula is C24H29N5O. The molecule has 0 bridgehead atoms. The molecule has 4 rings (SSSR count). The Labute approximate surface area is 178 Å². The van der Waals surface area contributed by atoms with E-state index < -0.39 is 0 Å². The van der Waals surface area contributed by atoms with Crippen LogP contribution >= 0.6 is 0 Å². The van der Waals surface area contributed by atoms with Crippen LogP contribution in [0.4, 0.5) is 0 Å². The van der Waals surface area contributed by atoms with Gasteiger partial charge in [0, 0.05) is 43.8 Å². The lowest BCUT2D eigenvalue weighted by Crippen LogP contribution is -2.38. The molecule has 3 aromatic heterocycles. The van der Waals surface area contributed by atoms with Crippen molar-refractivity contribution in [3.63, 3.8) is 0 Å². The van der Waals surface area contributed by atoms with E-state index in [9.17, 15) is 4.79 Å². The smallest absolute Gasteiger partial charge is 0.272 e. The number of carbonyl (C=O) groups excluding carboxylic acids is 1. The first-order valence-corrected chi connectivity index (χ1v) is 10.9. The highest BCUT2D eigenvalue weighted by molar-refractivity contribution is 5.92. The van der Waals surface area contributed by atoms with Crippen molar-refractivity contribution in [3.8, 4) is 0 Å². The molecule has 1 saturated heterocycles. The maximum atomic E-state index is 12.9. The number of aryl methyl sites for hydroxylation is 1. The minimum absolute atomic E-state index is 0.0346. The fraction of sp³-hybridized carbons (Fsp3) is 0.417. The Morgan fingerprint density at radius 3 is 2.63 bits per heavy atom. The van der Waals surface area contributed by atoms with E-state index >= 15 is 0 Å². The van der Waals surface area contributed by atoms with Gasteiger partial charge in [0.2, 0.25) is 0 Å². The zero-order valence-electron chi connectivity index (χ0n) is 17.6. The predicted octanol–water partition coefficient (Wildman–Crippen LogP) is 4.08. The molecule has 0 atom stereocenters. The fourth-order valence-electron chi connectivity index (χ4n) is 4.06. The van der Waals surface area contributed by atoms with Gasteiger partial charge in [-0.3, -0.25) is 14.8 Å². The molecule has 156 valence electrons. The molecule has 6 heteroatoms. The molecule has 4 heterocycles. The Morgan fingerprint density at radius 2 is 1.93 bits per heavy atom. The van der Waals surface area contributed by atoms with Crippen LogP contribution in [0.3, 0.4) is 0 Å². The number of imidazole rings is 1. The Hall–Kier alpha value is -3.02. The highest BCUT2D eigenvalue weighted by Gasteiger charge is 2.27. The molecular weight excluding hydrogens is 374 g/mol. The van der Waals surface area contributed by atoms with Crippen molar-refractivity contribution in [1.29, 1.82) is 0 Å².